The molecular formula is C23H19F5N2O6S. The third-order valence-corrected chi connectivity index (χ3v) is 6.06. The number of hydrogen-bond donors (Lipinski definition) is 3. The van der Waals surface area contributed by atoms with E-state index in [1.54, 1.807) is 0 Å². The fourth-order valence-electron chi connectivity index (χ4n) is 3.16. The normalized spacial score (nSPS) is 12.5. The predicted molar refractivity (Wildman–Crippen MR) is 121 cm³/mol. The first-order chi connectivity index (χ1) is 17.3. The highest BCUT2D eigenvalue weighted by Crippen LogP contribution is 2.32. The molecule has 3 N–H and O–H groups in total. The number of nitrogens with one attached hydrogen (secondary N) is 2. The fraction of sp³-hybridized carbons (Fsp3) is 0.174. The van der Waals surface area contributed by atoms with Gasteiger partial charge in [0.25, 0.3) is 15.9 Å². The highest BCUT2D eigenvalue weighted by Gasteiger charge is 2.31. The molecule has 0 aliphatic heterocycles. The summed E-state index contributed by atoms with van der Waals surface area (Å²) in [5.74, 6) is -4.41. The Morgan fingerprint density at radius 1 is 1.00 bits per heavy atom. The van der Waals surface area contributed by atoms with E-state index >= 15 is 0 Å². The lowest BCUT2D eigenvalue weighted by atomic mass is 10.1. The largest absolute Gasteiger partial charge is 0.573 e. The van der Waals surface area contributed by atoms with Gasteiger partial charge in [-0.1, -0.05) is 12.1 Å². The average Bonchev–Trinajstić information content (AvgIpc) is 2.78. The van der Waals surface area contributed by atoms with Crippen LogP contribution >= 0.6 is 0 Å². The number of alkyl halides is 3. The maximum Gasteiger partial charge on any atom is 0.573 e. The molecular weight excluding hydrogens is 527 g/mol. The van der Waals surface area contributed by atoms with E-state index < -0.39 is 56.2 Å². The van der Waals surface area contributed by atoms with Crippen molar-refractivity contribution in [2.24, 2.45) is 0 Å². The number of aliphatic hydroxyl groups is 1. The van der Waals surface area contributed by atoms with E-state index in [9.17, 15) is 40.3 Å². The van der Waals surface area contributed by atoms with E-state index in [1.165, 1.54) is 13.0 Å². The van der Waals surface area contributed by atoms with Gasteiger partial charge in [0.1, 0.15) is 28.0 Å². The van der Waals surface area contributed by atoms with Crippen LogP contribution in [0.4, 0.5) is 33.3 Å². The Labute approximate surface area is 207 Å². The molecule has 1 atom stereocenters. The topological polar surface area (TPSA) is 114 Å². The van der Waals surface area contributed by atoms with E-state index in [1.807, 2.05) is 0 Å². The Morgan fingerprint density at radius 2 is 1.65 bits per heavy atom. The minimum Gasteiger partial charge on any atom is -0.492 e. The molecule has 3 rings (SSSR count). The number of aliphatic hydroxyl groups excluding tert-OH is 1. The van der Waals surface area contributed by atoms with Gasteiger partial charge in [0.2, 0.25) is 0 Å². The molecule has 14 heteroatoms. The summed E-state index contributed by atoms with van der Waals surface area (Å²) in [7, 11) is -4.42. The summed E-state index contributed by atoms with van der Waals surface area (Å²) in [6.45, 7) is 1.52. The zero-order valence-corrected chi connectivity index (χ0v) is 19.7. The van der Waals surface area contributed by atoms with Crippen LogP contribution in [0, 0.1) is 11.6 Å². The second kappa shape index (κ2) is 11.0. The summed E-state index contributed by atoms with van der Waals surface area (Å²) < 4.78 is 102. The minimum absolute atomic E-state index is 0.0160. The molecule has 0 bridgehead atoms. The lowest BCUT2D eigenvalue weighted by Gasteiger charge is -2.16. The van der Waals surface area contributed by atoms with Crippen LogP contribution in [0.15, 0.2) is 65.6 Å². The van der Waals surface area contributed by atoms with Crippen molar-refractivity contribution < 1.29 is 49.7 Å². The fourth-order valence-corrected chi connectivity index (χ4v) is 4.33. The van der Waals surface area contributed by atoms with Gasteiger partial charge in [-0.3, -0.25) is 9.52 Å². The van der Waals surface area contributed by atoms with Gasteiger partial charge in [-0.25, -0.2) is 17.2 Å². The molecule has 0 heterocycles. The van der Waals surface area contributed by atoms with Gasteiger partial charge >= 0.3 is 6.36 Å². The number of ether oxygens (including phenoxy) is 2. The second-order valence-electron chi connectivity index (χ2n) is 7.30. The van der Waals surface area contributed by atoms with E-state index in [-0.39, 0.29) is 23.7 Å². The third-order valence-electron chi connectivity index (χ3n) is 4.64. The SMILES string of the molecule is CCOc1cc(NC(=O)C(O)c2c(F)cccc2F)ccc1S(=O)(=O)Nc1cccc(OC(F)(F)F)c1. The molecule has 8 nitrogen and oxygen atoms in total. The highest BCUT2D eigenvalue weighted by atomic mass is 32.2. The smallest absolute Gasteiger partial charge is 0.492 e. The number of hydrogen-bond acceptors (Lipinski definition) is 6. The van der Waals surface area contributed by atoms with Crippen molar-refractivity contribution in [1.82, 2.24) is 0 Å². The van der Waals surface area contributed by atoms with Gasteiger partial charge < -0.3 is 19.9 Å². The van der Waals surface area contributed by atoms with Gasteiger partial charge in [0.05, 0.1) is 17.9 Å². The first-order valence-electron chi connectivity index (χ1n) is 10.4. The van der Waals surface area contributed by atoms with Gasteiger partial charge in [-0.05, 0) is 43.3 Å². The van der Waals surface area contributed by atoms with Crippen molar-refractivity contribution in [2.45, 2.75) is 24.3 Å². The van der Waals surface area contributed by atoms with Crippen LogP contribution in [0.1, 0.15) is 18.6 Å². The molecule has 37 heavy (non-hydrogen) atoms. The monoisotopic (exact) mass is 546 g/mol. The molecule has 3 aromatic carbocycles. The lowest BCUT2D eigenvalue weighted by Crippen LogP contribution is -2.23. The quantitative estimate of drug-likeness (QED) is 0.335. The summed E-state index contributed by atoms with van der Waals surface area (Å²) in [6, 6.07) is 10.1. The van der Waals surface area contributed by atoms with Crippen molar-refractivity contribution in [3.05, 3.63) is 77.9 Å². The first kappa shape index (κ1) is 27.7. The Morgan fingerprint density at radius 3 is 2.27 bits per heavy atom. The molecule has 1 amide bonds. The standard InChI is InChI=1S/C23H19F5N2O6S/c1-2-35-18-12-13(29-22(32)21(31)20-16(24)7-4-8-17(20)25)9-10-19(18)37(33,34)30-14-5-3-6-15(11-14)36-23(26,27)28/h3-12,21,30-31H,2H2,1H3,(H,29,32). The van der Waals surface area contributed by atoms with Crippen LogP contribution in [0.3, 0.4) is 0 Å². The molecule has 0 radical (unpaired) electrons. The zero-order valence-electron chi connectivity index (χ0n) is 18.8. The van der Waals surface area contributed by atoms with Crippen molar-refractivity contribution in [1.29, 1.82) is 0 Å². The molecule has 0 saturated carbocycles. The predicted octanol–water partition coefficient (Wildman–Crippen LogP) is 4.74. The number of carbonyl (C=O) groups is 1. The number of benzene rings is 3. The number of rotatable bonds is 9. The Kier molecular flexibility index (Phi) is 8.23. The van der Waals surface area contributed by atoms with Crippen molar-refractivity contribution in [3.63, 3.8) is 0 Å². The Balaban J connectivity index is 1.85. The van der Waals surface area contributed by atoms with Crippen molar-refractivity contribution >= 4 is 27.3 Å². The molecule has 0 fully saturated rings. The molecule has 3 aromatic rings. The summed E-state index contributed by atoms with van der Waals surface area (Å²) in [5.41, 5.74) is -1.19. The number of amides is 1. The first-order valence-corrected chi connectivity index (χ1v) is 11.9. The van der Waals surface area contributed by atoms with Crippen LogP contribution in [0.25, 0.3) is 0 Å². The van der Waals surface area contributed by atoms with Crippen LogP contribution in [-0.2, 0) is 14.8 Å². The number of sulfonamides is 1. The van der Waals surface area contributed by atoms with Gasteiger partial charge in [-0.2, -0.15) is 0 Å². The van der Waals surface area contributed by atoms with E-state index in [2.05, 4.69) is 14.8 Å². The number of anilines is 2. The molecule has 0 saturated heterocycles. The van der Waals surface area contributed by atoms with Crippen LogP contribution in [-0.4, -0.2) is 32.4 Å². The lowest BCUT2D eigenvalue weighted by molar-refractivity contribution is -0.274. The van der Waals surface area contributed by atoms with Crippen LogP contribution in [0.2, 0.25) is 0 Å². The molecule has 1 unspecified atom stereocenters. The summed E-state index contributed by atoms with van der Waals surface area (Å²) in [5, 5.41) is 12.3. The summed E-state index contributed by atoms with van der Waals surface area (Å²) in [4.78, 5) is 11.9. The van der Waals surface area contributed by atoms with Crippen LogP contribution < -0.4 is 19.5 Å². The van der Waals surface area contributed by atoms with Gasteiger partial charge in [0.15, 0.2) is 6.10 Å². The number of carbonyl (C=O) groups excluding carboxylic acids is 1. The van der Waals surface area contributed by atoms with Gasteiger partial charge in [0, 0.05) is 17.8 Å². The number of halogens is 5. The van der Waals surface area contributed by atoms with Crippen LogP contribution in [0.5, 0.6) is 11.5 Å². The molecule has 0 aliphatic rings. The minimum atomic E-state index is -4.98. The molecule has 0 aromatic heterocycles. The van der Waals surface area contributed by atoms with E-state index in [0.717, 1.165) is 54.6 Å². The molecule has 0 aliphatic carbocycles. The van der Waals surface area contributed by atoms with Crippen molar-refractivity contribution in [2.75, 3.05) is 16.6 Å². The Hall–Kier alpha value is -3.91. The van der Waals surface area contributed by atoms with Gasteiger partial charge in [-0.15, -0.1) is 13.2 Å². The third kappa shape index (κ3) is 7.07. The molecule has 0 spiro atoms. The second-order valence-corrected chi connectivity index (χ2v) is 8.95. The Bertz CT molecular complexity index is 1380. The summed E-state index contributed by atoms with van der Waals surface area (Å²) >= 11 is 0. The summed E-state index contributed by atoms with van der Waals surface area (Å²) in [6.07, 6.45) is -7.20. The zero-order chi connectivity index (χ0) is 27.4. The van der Waals surface area contributed by atoms with E-state index in [0.29, 0.717) is 0 Å². The maximum atomic E-state index is 13.9. The van der Waals surface area contributed by atoms with E-state index in [4.69, 9.17) is 4.74 Å². The highest BCUT2D eigenvalue weighted by molar-refractivity contribution is 7.92. The average molecular weight is 546 g/mol. The van der Waals surface area contributed by atoms with Crippen molar-refractivity contribution in [3.8, 4) is 11.5 Å². The molecule has 198 valence electrons. The maximum absolute atomic E-state index is 13.9.